The van der Waals surface area contributed by atoms with Crippen LogP contribution >= 0.6 is 23.2 Å². The molecular weight excluding hydrogens is 359 g/mol. The molecule has 0 saturated carbocycles. The highest BCUT2D eigenvalue weighted by molar-refractivity contribution is 6.43. The van der Waals surface area contributed by atoms with Crippen LogP contribution in [0.25, 0.3) is 0 Å². The quantitative estimate of drug-likeness (QED) is 0.728. The summed E-state index contributed by atoms with van der Waals surface area (Å²) in [5.41, 5.74) is 0.682. The number of amides is 1. The highest BCUT2D eigenvalue weighted by Crippen LogP contribution is 2.30. The lowest BCUT2D eigenvalue weighted by Gasteiger charge is -2.21. The van der Waals surface area contributed by atoms with Crippen LogP contribution < -0.4 is 10.1 Å². The number of nitrogens with one attached hydrogen (secondary N) is 1. The molecule has 0 saturated heterocycles. The summed E-state index contributed by atoms with van der Waals surface area (Å²) in [4.78, 5) is 12.5. The Morgan fingerprint density at radius 3 is 2.54 bits per heavy atom. The van der Waals surface area contributed by atoms with Gasteiger partial charge in [0.2, 0.25) is 0 Å². The minimum atomic E-state index is -2.94. The van der Waals surface area contributed by atoms with Gasteiger partial charge >= 0.3 is 6.61 Å². The first kappa shape index (κ1) is 18.5. The van der Waals surface area contributed by atoms with E-state index in [-0.39, 0.29) is 21.4 Å². The second kappa shape index (κ2) is 8.31. The van der Waals surface area contributed by atoms with Crippen molar-refractivity contribution >= 4 is 29.1 Å². The van der Waals surface area contributed by atoms with E-state index in [9.17, 15) is 13.6 Å². The van der Waals surface area contributed by atoms with Crippen LogP contribution in [0.5, 0.6) is 5.75 Å². The monoisotopic (exact) mass is 373 g/mol. The van der Waals surface area contributed by atoms with Crippen LogP contribution in [0.15, 0.2) is 42.5 Å². The van der Waals surface area contributed by atoms with E-state index in [0.717, 1.165) is 0 Å². The molecule has 0 aromatic heterocycles. The summed E-state index contributed by atoms with van der Waals surface area (Å²) in [6.07, 6.45) is 0.480. The van der Waals surface area contributed by atoms with Crippen LogP contribution in [0.3, 0.4) is 0 Å². The van der Waals surface area contributed by atoms with Crippen molar-refractivity contribution in [3.05, 3.63) is 63.6 Å². The van der Waals surface area contributed by atoms with E-state index >= 15 is 0 Å². The predicted octanol–water partition coefficient (Wildman–Crippen LogP) is 5.48. The molecule has 0 heterocycles. The summed E-state index contributed by atoms with van der Waals surface area (Å²) in [5.74, 6) is -0.418. The molecule has 0 bridgehead atoms. The minimum absolute atomic E-state index is 0.0249. The van der Waals surface area contributed by atoms with Crippen LogP contribution in [0.4, 0.5) is 8.78 Å². The molecule has 2 aromatic carbocycles. The lowest BCUT2D eigenvalue weighted by Crippen LogP contribution is -2.29. The van der Waals surface area contributed by atoms with Gasteiger partial charge < -0.3 is 10.1 Å². The van der Waals surface area contributed by atoms with Gasteiger partial charge in [-0.05, 0) is 24.6 Å². The van der Waals surface area contributed by atoms with Gasteiger partial charge in [0, 0.05) is 5.56 Å². The lowest BCUT2D eigenvalue weighted by atomic mass is 10.0. The molecule has 0 spiro atoms. The molecule has 0 aliphatic heterocycles. The third-order valence-corrected chi connectivity index (χ3v) is 4.24. The Hall–Kier alpha value is -1.85. The Bertz CT molecular complexity index is 725. The highest BCUT2D eigenvalue weighted by Gasteiger charge is 2.21. The van der Waals surface area contributed by atoms with Crippen molar-refractivity contribution in [1.29, 1.82) is 0 Å². The second-order valence-corrected chi connectivity index (χ2v) is 5.74. The van der Waals surface area contributed by atoms with Gasteiger partial charge in [0.25, 0.3) is 5.91 Å². The summed E-state index contributed by atoms with van der Waals surface area (Å²) in [6, 6.07) is 10.6. The highest BCUT2D eigenvalue weighted by atomic mass is 35.5. The topological polar surface area (TPSA) is 38.3 Å². The van der Waals surface area contributed by atoms with E-state index in [1.165, 1.54) is 12.1 Å². The number of halogens is 4. The van der Waals surface area contributed by atoms with Gasteiger partial charge in [-0.1, -0.05) is 54.4 Å². The van der Waals surface area contributed by atoms with E-state index < -0.39 is 18.6 Å². The first-order chi connectivity index (χ1) is 11.4. The summed E-state index contributed by atoms with van der Waals surface area (Å²) in [6.45, 7) is -1.12. The van der Waals surface area contributed by atoms with Gasteiger partial charge in [-0.2, -0.15) is 8.78 Å². The fourth-order valence-electron chi connectivity index (χ4n) is 2.29. The van der Waals surface area contributed by atoms with E-state index in [0.29, 0.717) is 12.0 Å². The molecule has 0 radical (unpaired) electrons. The second-order valence-electron chi connectivity index (χ2n) is 4.95. The van der Waals surface area contributed by atoms with E-state index in [2.05, 4.69) is 10.1 Å². The molecular formula is C17H15Cl2F2NO2. The molecule has 2 rings (SSSR count). The number of benzene rings is 2. The van der Waals surface area contributed by atoms with Crippen molar-refractivity contribution in [2.75, 3.05) is 0 Å². The molecule has 2 aromatic rings. The maximum atomic E-state index is 12.6. The number of para-hydroxylation sites is 1. The van der Waals surface area contributed by atoms with Crippen molar-refractivity contribution in [3.8, 4) is 5.75 Å². The van der Waals surface area contributed by atoms with Gasteiger partial charge in [-0.15, -0.1) is 0 Å². The van der Waals surface area contributed by atoms with Crippen molar-refractivity contribution < 1.29 is 18.3 Å². The van der Waals surface area contributed by atoms with Gasteiger partial charge in [0.1, 0.15) is 5.75 Å². The average molecular weight is 374 g/mol. The third kappa shape index (κ3) is 4.36. The van der Waals surface area contributed by atoms with Crippen molar-refractivity contribution in [2.24, 2.45) is 0 Å². The molecule has 7 heteroatoms. The van der Waals surface area contributed by atoms with E-state index in [1.807, 2.05) is 6.92 Å². The van der Waals surface area contributed by atoms with Crippen LogP contribution in [-0.4, -0.2) is 12.5 Å². The number of rotatable bonds is 6. The standard InChI is InChI=1S/C17H15Cl2F2NO2/c1-2-13(10-6-3-4-9-14(10)24-17(20)21)22-16(23)11-7-5-8-12(18)15(11)19/h3-9,13,17H,2H2,1H3,(H,22,23). The first-order valence-corrected chi connectivity index (χ1v) is 7.98. The number of carbonyl (C=O) groups is 1. The molecule has 0 aliphatic rings. The van der Waals surface area contributed by atoms with Gasteiger partial charge in [0.05, 0.1) is 21.7 Å². The summed E-state index contributed by atoms with van der Waals surface area (Å²) >= 11 is 12.0. The van der Waals surface area contributed by atoms with Crippen molar-refractivity contribution in [1.82, 2.24) is 5.32 Å². The summed E-state index contributed by atoms with van der Waals surface area (Å²) in [7, 11) is 0. The maximum Gasteiger partial charge on any atom is 0.387 e. The van der Waals surface area contributed by atoms with Gasteiger partial charge in [-0.3, -0.25) is 4.79 Å². The number of alkyl halides is 2. The molecule has 3 nitrogen and oxygen atoms in total. The Morgan fingerprint density at radius 2 is 1.88 bits per heavy atom. The Labute approximate surface area is 148 Å². The van der Waals surface area contributed by atoms with E-state index in [1.54, 1.807) is 30.3 Å². The molecule has 0 fully saturated rings. The normalized spacial score (nSPS) is 12.1. The van der Waals surface area contributed by atoms with Crippen LogP contribution in [-0.2, 0) is 0 Å². The van der Waals surface area contributed by atoms with Gasteiger partial charge in [-0.25, -0.2) is 0 Å². The van der Waals surface area contributed by atoms with Crippen LogP contribution in [0.2, 0.25) is 10.0 Å². The summed E-state index contributed by atoms with van der Waals surface area (Å²) < 4.78 is 29.6. The zero-order chi connectivity index (χ0) is 17.7. The van der Waals surface area contributed by atoms with Crippen molar-refractivity contribution in [2.45, 2.75) is 26.0 Å². The summed E-state index contributed by atoms with van der Waals surface area (Å²) in [5, 5.41) is 3.18. The lowest BCUT2D eigenvalue weighted by molar-refractivity contribution is -0.0506. The fraction of sp³-hybridized carbons (Fsp3) is 0.235. The molecule has 128 valence electrons. The minimum Gasteiger partial charge on any atom is -0.434 e. The smallest absolute Gasteiger partial charge is 0.387 e. The largest absolute Gasteiger partial charge is 0.434 e. The Kier molecular flexibility index (Phi) is 6.40. The molecule has 0 aliphatic carbocycles. The molecule has 1 unspecified atom stereocenters. The fourth-order valence-corrected chi connectivity index (χ4v) is 2.67. The first-order valence-electron chi connectivity index (χ1n) is 7.22. The SMILES string of the molecule is CCC(NC(=O)c1cccc(Cl)c1Cl)c1ccccc1OC(F)F. The Balaban J connectivity index is 2.27. The van der Waals surface area contributed by atoms with Crippen LogP contribution in [0, 0.1) is 0 Å². The zero-order valence-corrected chi connectivity index (χ0v) is 14.2. The Morgan fingerprint density at radius 1 is 1.17 bits per heavy atom. The number of ether oxygens (including phenoxy) is 1. The average Bonchev–Trinajstić information content (AvgIpc) is 2.55. The van der Waals surface area contributed by atoms with E-state index in [4.69, 9.17) is 23.2 Å². The number of carbonyl (C=O) groups excluding carboxylic acids is 1. The number of hydrogen-bond donors (Lipinski definition) is 1. The van der Waals surface area contributed by atoms with Crippen molar-refractivity contribution in [3.63, 3.8) is 0 Å². The maximum absolute atomic E-state index is 12.6. The van der Waals surface area contributed by atoms with Gasteiger partial charge in [0.15, 0.2) is 0 Å². The predicted molar refractivity (Wildman–Crippen MR) is 90.0 cm³/mol. The molecule has 1 atom stereocenters. The number of hydrogen-bond acceptors (Lipinski definition) is 2. The zero-order valence-electron chi connectivity index (χ0n) is 12.7. The third-order valence-electron chi connectivity index (χ3n) is 3.42. The molecule has 1 amide bonds. The van der Waals surface area contributed by atoms with Crippen LogP contribution in [0.1, 0.15) is 35.3 Å². The molecule has 1 N–H and O–H groups in total. The molecule has 24 heavy (non-hydrogen) atoms.